The average Bonchev–Trinajstić information content (AvgIpc) is 3.07. The van der Waals surface area contributed by atoms with Gasteiger partial charge in [-0.15, -0.1) is 0 Å². The van der Waals surface area contributed by atoms with Crippen LogP contribution in [0.25, 0.3) is 0 Å². The summed E-state index contributed by atoms with van der Waals surface area (Å²) in [5.41, 5.74) is 3.02. The molecule has 3 rings (SSSR count). The molecule has 0 bridgehead atoms. The summed E-state index contributed by atoms with van der Waals surface area (Å²) in [7, 11) is 0. The molecule has 92 valence electrons. The van der Waals surface area contributed by atoms with Gasteiger partial charge in [-0.1, -0.05) is 38.1 Å². The molecular weight excluding hydrogens is 206 g/mol. The van der Waals surface area contributed by atoms with E-state index in [4.69, 9.17) is 0 Å². The van der Waals surface area contributed by atoms with Gasteiger partial charge in [-0.25, -0.2) is 0 Å². The van der Waals surface area contributed by atoms with Crippen LogP contribution in [-0.4, -0.2) is 24.0 Å². The van der Waals surface area contributed by atoms with E-state index in [1.165, 1.54) is 37.9 Å². The number of rotatable bonds is 3. The third-order valence-corrected chi connectivity index (χ3v) is 4.36. The molecule has 17 heavy (non-hydrogen) atoms. The van der Waals surface area contributed by atoms with Crippen LogP contribution in [0.3, 0.4) is 0 Å². The number of benzene rings is 1. The third-order valence-electron chi connectivity index (χ3n) is 4.36. The van der Waals surface area contributed by atoms with E-state index in [9.17, 15) is 0 Å². The van der Waals surface area contributed by atoms with Gasteiger partial charge in [-0.2, -0.15) is 0 Å². The maximum absolute atomic E-state index is 2.70. The van der Waals surface area contributed by atoms with Crippen molar-refractivity contribution < 1.29 is 0 Å². The highest BCUT2D eigenvalue weighted by atomic mass is 15.2. The van der Waals surface area contributed by atoms with Crippen molar-refractivity contribution in [1.29, 1.82) is 0 Å². The Morgan fingerprint density at radius 3 is 2.35 bits per heavy atom. The van der Waals surface area contributed by atoms with Crippen LogP contribution in [0.1, 0.15) is 56.1 Å². The van der Waals surface area contributed by atoms with Crippen molar-refractivity contribution in [3.8, 4) is 0 Å². The van der Waals surface area contributed by atoms with Gasteiger partial charge in [0, 0.05) is 12.6 Å². The summed E-state index contributed by atoms with van der Waals surface area (Å²) in [6, 6.07) is 10.3. The summed E-state index contributed by atoms with van der Waals surface area (Å²) in [4.78, 5) is 2.70. The van der Waals surface area contributed by atoms with E-state index in [2.05, 4.69) is 43.0 Å². The zero-order chi connectivity index (χ0) is 11.8. The average molecular weight is 229 g/mol. The van der Waals surface area contributed by atoms with Crippen LogP contribution < -0.4 is 0 Å². The van der Waals surface area contributed by atoms with Crippen LogP contribution in [-0.2, 0) is 0 Å². The highest BCUT2D eigenvalue weighted by molar-refractivity contribution is 5.28. The van der Waals surface area contributed by atoms with E-state index in [-0.39, 0.29) is 0 Å². The van der Waals surface area contributed by atoms with Gasteiger partial charge in [-0.05, 0) is 48.8 Å². The summed E-state index contributed by atoms with van der Waals surface area (Å²) < 4.78 is 0. The quantitative estimate of drug-likeness (QED) is 0.763. The summed E-state index contributed by atoms with van der Waals surface area (Å²) in [5.74, 6) is 1.44. The molecule has 1 aromatic carbocycles. The molecule has 1 heteroatoms. The Kier molecular flexibility index (Phi) is 2.96. The molecule has 0 N–H and O–H groups in total. The van der Waals surface area contributed by atoms with E-state index in [1.54, 1.807) is 5.56 Å². The topological polar surface area (TPSA) is 3.24 Å². The highest BCUT2D eigenvalue weighted by Crippen LogP contribution is 2.35. The predicted molar refractivity (Wildman–Crippen MR) is 72.5 cm³/mol. The second-order valence-electron chi connectivity index (χ2n) is 6.03. The molecule has 0 spiro atoms. The van der Waals surface area contributed by atoms with Crippen molar-refractivity contribution in [3.63, 3.8) is 0 Å². The van der Waals surface area contributed by atoms with Crippen LogP contribution in [0, 0.1) is 0 Å². The van der Waals surface area contributed by atoms with E-state index in [1.807, 2.05) is 0 Å². The Morgan fingerprint density at radius 1 is 1.06 bits per heavy atom. The molecule has 1 aliphatic carbocycles. The summed E-state index contributed by atoms with van der Waals surface area (Å²) in [6.07, 6.45) is 4.25. The number of hydrogen-bond acceptors (Lipinski definition) is 1. The van der Waals surface area contributed by atoms with E-state index in [0.717, 1.165) is 12.0 Å². The molecule has 2 fully saturated rings. The smallest absolute Gasteiger partial charge is 0.00966 e. The first-order chi connectivity index (χ1) is 8.24. The first-order valence-electron chi connectivity index (χ1n) is 7.08. The number of likely N-dealkylation sites (tertiary alicyclic amines) is 1. The predicted octanol–water partition coefficient (Wildman–Crippen LogP) is 3.76. The van der Waals surface area contributed by atoms with Crippen molar-refractivity contribution >= 4 is 0 Å². The maximum atomic E-state index is 2.70. The lowest BCUT2D eigenvalue weighted by Crippen LogP contribution is -2.22. The van der Waals surface area contributed by atoms with Gasteiger partial charge in [-0.3, -0.25) is 4.90 Å². The fourth-order valence-corrected chi connectivity index (χ4v) is 2.98. The Balaban J connectivity index is 1.67. The summed E-state index contributed by atoms with van der Waals surface area (Å²) >= 11 is 0. The second-order valence-corrected chi connectivity index (χ2v) is 6.03. The Hall–Kier alpha value is -0.820. The Labute approximate surface area is 105 Å². The monoisotopic (exact) mass is 229 g/mol. The van der Waals surface area contributed by atoms with E-state index >= 15 is 0 Å². The molecule has 1 aromatic rings. The first-order valence-corrected chi connectivity index (χ1v) is 7.08. The molecule has 1 saturated heterocycles. The number of nitrogens with zero attached hydrogens (tertiary/aromatic N) is 1. The molecule has 0 amide bonds. The molecule has 1 aliphatic heterocycles. The molecule has 1 saturated carbocycles. The molecule has 0 radical (unpaired) electrons. The van der Waals surface area contributed by atoms with Gasteiger partial charge in [0.25, 0.3) is 0 Å². The minimum absolute atomic E-state index is 0.649. The molecule has 1 nitrogen and oxygen atoms in total. The molecule has 1 unspecified atom stereocenters. The van der Waals surface area contributed by atoms with Crippen molar-refractivity contribution in [3.05, 3.63) is 35.4 Å². The fraction of sp³-hybridized carbons (Fsp3) is 0.625. The van der Waals surface area contributed by atoms with Crippen LogP contribution in [0.15, 0.2) is 24.3 Å². The standard InChI is InChI=1S/C16H23N/c1-12(2)13-3-5-14(6-4-13)15-9-10-17(11-15)16-7-8-16/h3-6,12,15-16H,7-11H2,1-2H3. The van der Waals surface area contributed by atoms with Crippen molar-refractivity contribution in [2.24, 2.45) is 0 Å². The summed E-state index contributed by atoms with van der Waals surface area (Å²) in [5, 5.41) is 0. The zero-order valence-electron chi connectivity index (χ0n) is 11.0. The van der Waals surface area contributed by atoms with Gasteiger partial charge >= 0.3 is 0 Å². The van der Waals surface area contributed by atoms with Crippen molar-refractivity contribution in [1.82, 2.24) is 4.90 Å². The molecule has 0 aromatic heterocycles. The lowest BCUT2D eigenvalue weighted by atomic mass is 9.95. The maximum Gasteiger partial charge on any atom is 0.00966 e. The lowest BCUT2D eigenvalue weighted by Gasteiger charge is -2.15. The van der Waals surface area contributed by atoms with E-state index < -0.39 is 0 Å². The Bertz CT molecular complexity index is 375. The van der Waals surface area contributed by atoms with Gasteiger partial charge in [0.1, 0.15) is 0 Å². The van der Waals surface area contributed by atoms with Gasteiger partial charge in [0.15, 0.2) is 0 Å². The Morgan fingerprint density at radius 2 is 1.76 bits per heavy atom. The van der Waals surface area contributed by atoms with E-state index in [0.29, 0.717) is 5.92 Å². The minimum atomic E-state index is 0.649. The minimum Gasteiger partial charge on any atom is -0.300 e. The van der Waals surface area contributed by atoms with Crippen LogP contribution in [0.4, 0.5) is 0 Å². The fourth-order valence-electron chi connectivity index (χ4n) is 2.98. The largest absolute Gasteiger partial charge is 0.300 e. The molecule has 2 aliphatic rings. The molecule has 1 atom stereocenters. The lowest BCUT2D eigenvalue weighted by molar-refractivity contribution is 0.324. The molecular formula is C16H23N. The highest BCUT2D eigenvalue weighted by Gasteiger charge is 2.34. The van der Waals surface area contributed by atoms with Crippen LogP contribution in [0.5, 0.6) is 0 Å². The van der Waals surface area contributed by atoms with Gasteiger partial charge in [0.05, 0.1) is 0 Å². The van der Waals surface area contributed by atoms with Crippen molar-refractivity contribution in [2.75, 3.05) is 13.1 Å². The zero-order valence-corrected chi connectivity index (χ0v) is 11.0. The first kappa shape index (κ1) is 11.3. The van der Waals surface area contributed by atoms with Gasteiger partial charge < -0.3 is 0 Å². The number of hydrogen-bond donors (Lipinski definition) is 0. The normalized spacial score (nSPS) is 25.7. The van der Waals surface area contributed by atoms with Crippen molar-refractivity contribution in [2.45, 2.75) is 51.0 Å². The molecule has 1 heterocycles. The SMILES string of the molecule is CC(C)c1ccc(C2CCN(C3CC3)C2)cc1. The second kappa shape index (κ2) is 4.45. The van der Waals surface area contributed by atoms with Gasteiger partial charge in [0.2, 0.25) is 0 Å². The van der Waals surface area contributed by atoms with Crippen LogP contribution in [0.2, 0.25) is 0 Å². The summed E-state index contributed by atoms with van der Waals surface area (Å²) in [6.45, 7) is 7.14. The third kappa shape index (κ3) is 2.40. The van der Waals surface area contributed by atoms with Crippen LogP contribution >= 0.6 is 0 Å².